The molecule has 2 aromatic carbocycles. The van der Waals surface area contributed by atoms with Gasteiger partial charge < -0.3 is 10.2 Å². The third-order valence-electron chi connectivity index (χ3n) is 9.42. The number of hydrogen-bond donors (Lipinski definition) is 1. The predicted octanol–water partition coefficient (Wildman–Crippen LogP) is 5.91. The summed E-state index contributed by atoms with van der Waals surface area (Å²) in [6.45, 7) is 7.03. The molecule has 228 valence electrons. The fourth-order valence-corrected chi connectivity index (χ4v) is 8.88. The first-order valence-corrected chi connectivity index (χ1v) is 17.3. The standard InChI is InChI=1S/C33H44ClN3O4S/c1-22(31(39)35-32(2,3)4)36(20-23-6-10-28(34)11-7-23)30(38)21-37(42(5,40)41)29-12-8-27(9-13-29)33-17-24-14-25(18-33)16-26(15-24)19-33/h6-13,22,24-26H,14-21H2,1-5H3,(H,35,39)/t22-,24?,25?,26?,33?/m0/s1. The molecule has 1 atom stereocenters. The fourth-order valence-electron chi connectivity index (χ4n) is 7.90. The SMILES string of the molecule is C[C@@H](C(=O)NC(C)(C)C)N(Cc1ccc(Cl)cc1)C(=O)CN(c1ccc(C23CC4CC(CC(C4)C2)C3)cc1)S(C)(=O)=O. The van der Waals surface area contributed by atoms with Gasteiger partial charge in [0.25, 0.3) is 0 Å². The molecule has 4 aliphatic carbocycles. The Hall–Kier alpha value is -2.58. The number of carbonyl (C=O) groups is 2. The Labute approximate surface area is 256 Å². The third-order valence-corrected chi connectivity index (χ3v) is 10.8. The van der Waals surface area contributed by atoms with E-state index < -0.39 is 34.1 Å². The molecule has 6 rings (SSSR count). The van der Waals surface area contributed by atoms with E-state index in [9.17, 15) is 18.0 Å². The minimum absolute atomic E-state index is 0.136. The van der Waals surface area contributed by atoms with E-state index in [1.807, 2.05) is 32.9 Å². The molecule has 1 N–H and O–H groups in total. The van der Waals surface area contributed by atoms with Crippen molar-refractivity contribution in [3.05, 3.63) is 64.7 Å². The number of hydrogen-bond acceptors (Lipinski definition) is 4. The van der Waals surface area contributed by atoms with Crippen LogP contribution in [0.15, 0.2) is 48.5 Å². The van der Waals surface area contributed by atoms with Crippen molar-refractivity contribution >= 4 is 39.1 Å². The van der Waals surface area contributed by atoms with E-state index >= 15 is 0 Å². The Bertz CT molecular complexity index is 1380. The monoisotopic (exact) mass is 613 g/mol. The van der Waals surface area contributed by atoms with Gasteiger partial charge in [-0.25, -0.2) is 8.42 Å². The lowest BCUT2D eigenvalue weighted by molar-refractivity contribution is -0.140. The number of rotatable bonds is 9. The summed E-state index contributed by atoms with van der Waals surface area (Å²) >= 11 is 6.06. The van der Waals surface area contributed by atoms with E-state index in [2.05, 4.69) is 17.4 Å². The second-order valence-corrected chi connectivity index (χ2v) is 16.4. The molecule has 0 radical (unpaired) electrons. The van der Waals surface area contributed by atoms with Crippen LogP contribution >= 0.6 is 11.6 Å². The average molecular weight is 614 g/mol. The van der Waals surface area contributed by atoms with Crippen molar-refractivity contribution in [2.75, 3.05) is 17.1 Å². The van der Waals surface area contributed by atoms with Gasteiger partial charge in [-0.1, -0.05) is 35.9 Å². The minimum atomic E-state index is -3.79. The van der Waals surface area contributed by atoms with Crippen LogP contribution in [0.5, 0.6) is 0 Å². The molecular formula is C33H44ClN3O4S. The van der Waals surface area contributed by atoms with Crippen molar-refractivity contribution in [2.24, 2.45) is 17.8 Å². The number of sulfonamides is 1. The molecule has 0 aromatic heterocycles. The Morgan fingerprint density at radius 2 is 1.48 bits per heavy atom. The summed E-state index contributed by atoms with van der Waals surface area (Å²) in [6, 6.07) is 14.1. The first-order chi connectivity index (χ1) is 19.6. The highest BCUT2D eigenvalue weighted by molar-refractivity contribution is 7.92. The summed E-state index contributed by atoms with van der Waals surface area (Å²) in [5.41, 5.74) is 2.25. The first kappa shape index (κ1) is 30.9. The average Bonchev–Trinajstić information content (AvgIpc) is 2.88. The van der Waals surface area contributed by atoms with Gasteiger partial charge in [-0.2, -0.15) is 0 Å². The van der Waals surface area contributed by atoms with Gasteiger partial charge in [0.05, 0.1) is 11.9 Å². The topological polar surface area (TPSA) is 86.8 Å². The zero-order valence-electron chi connectivity index (χ0n) is 25.4. The van der Waals surface area contributed by atoms with E-state index in [-0.39, 0.29) is 17.9 Å². The van der Waals surface area contributed by atoms with Crippen molar-refractivity contribution in [3.8, 4) is 0 Å². The number of nitrogens with zero attached hydrogens (tertiary/aromatic N) is 2. The van der Waals surface area contributed by atoms with Gasteiger partial charge in [-0.15, -0.1) is 0 Å². The first-order valence-electron chi connectivity index (χ1n) is 15.1. The largest absolute Gasteiger partial charge is 0.350 e. The van der Waals surface area contributed by atoms with Gasteiger partial charge >= 0.3 is 0 Å². The lowest BCUT2D eigenvalue weighted by Crippen LogP contribution is -2.54. The van der Waals surface area contributed by atoms with Crippen LogP contribution in [-0.4, -0.2) is 49.5 Å². The maximum Gasteiger partial charge on any atom is 0.244 e. The normalized spacial score (nSPS) is 25.6. The highest BCUT2D eigenvalue weighted by Crippen LogP contribution is 2.60. The highest BCUT2D eigenvalue weighted by Gasteiger charge is 2.51. The molecule has 2 aromatic rings. The predicted molar refractivity (Wildman–Crippen MR) is 168 cm³/mol. The number of amides is 2. The second kappa shape index (κ2) is 11.5. The molecule has 4 fully saturated rings. The molecule has 0 unspecified atom stereocenters. The third kappa shape index (κ3) is 6.80. The summed E-state index contributed by atoms with van der Waals surface area (Å²) in [6.07, 6.45) is 8.87. The molecule has 2 amide bonds. The summed E-state index contributed by atoms with van der Waals surface area (Å²) < 4.78 is 27.2. The Kier molecular flexibility index (Phi) is 8.45. The molecule has 4 saturated carbocycles. The van der Waals surface area contributed by atoms with E-state index in [0.29, 0.717) is 10.7 Å². The van der Waals surface area contributed by atoms with E-state index in [1.54, 1.807) is 31.2 Å². The smallest absolute Gasteiger partial charge is 0.244 e. The molecule has 4 aliphatic rings. The quantitative estimate of drug-likeness (QED) is 0.381. The van der Waals surface area contributed by atoms with Gasteiger partial charge in [0.1, 0.15) is 12.6 Å². The van der Waals surface area contributed by atoms with Gasteiger partial charge in [-0.3, -0.25) is 13.9 Å². The van der Waals surface area contributed by atoms with Crippen LogP contribution in [0.2, 0.25) is 5.02 Å². The lowest BCUT2D eigenvalue weighted by Gasteiger charge is -2.57. The van der Waals surface area contributed by atoms with Gasteiger partial charge in [0, 0.05) is 17.1 Å². The zero-order chi connectivity index (χ0) is 30.4. The highest BCUT2D eigenvalue weighted by atomic mass is 35.5. The molecule has 4 bridgehead atoms. The van der Waals surface area contributed by atoms with Crippen molar-refractivity contribution in [1.82, 2.24) is 10.2 Å². The summed E-state index contributed by atoms with van der Waals surface area (Å²) in [5, 5.41) is 3.50. The maximum atomic E-state index is 13.9. The van der Waals surface area contributed by atoms with Crippen LogP contribution in [-0.2, 0) is 31.6 Å². The van der Waals surface area contributed by atoms with Crippen molar-refractivity contribution in [3.63, 3.8) is 0 Å². The Morgan fingerprint density at radius 1 is 0.952 bits per heavy atom. The van der Waals surface area contributed by atoms with Crippen LogP contribution in [0.4, 0.5) is 5.69 Å². The van der Waals surface area contributed by atoms with Crippen LogP contribution in [0, 0.1) is 17.8 Å². The molecular weight excluding hydrogens is 570 g/mol. The Morgan fingerprint density at radius 3 is 1.95 bits per heavy atom. The van der Waals surface area contributed by atoms with E-state index in [1.165, 1.54) is 49.0 Å². The van der Waals surface area contributed by atoms with E-state index in [0.717, 1.165) is 33.9 Å². The molecule has 42 heavy (non-hydrogen) atoms. The number of benzene rings is 2. The van der Waals surface area contributed by atoms with E-state index in [4.69, 9.17) is 11.6 Å². The fraction of sp³-hybridized carbons (Fsp3) is 0.576. The minimum Gasteiger partial charge on any atom is -0.350 e. The zero-order valence-corrected chi connectivity index (χ0v) is 27.0. The number of anilines is 1. The van der Waals surface area contributed by atoms with Crippen molar-refractivity contribution in [1.29, 1.82) is 0 Å². The van der Waals surface area contributed by atoms with Crippen LogP contribution in [0.1, 0.15) is 77.3 Å². The van der Waals surface area contributed by atoms with Crippen molar-refractivity contribution in [2.45, 2.75) is 89.8 Å². The summed E-state index contributed by atoms with van der Waals surface area (Å²) in [5.74, 6) is 1.66. The summed E-state index contributed by atoms with van der Waals surface area (Å²) in [4.78, 5) is 28.4. The summed E-state index contributed by atoms with van der Waals surface area (Å²) in [7, 11) is -3.79. The van der Waals surface area contributed by atoms with Crippen LogP contribution in [0.3, 0.4) is 0 Å². The molecule has 0 saturated heterocycles. The van der Waals surface area contributed by atoms with Gasteiger partial charge in [-0.05, 0) is 125 Å². The number of carbonyl (C=O) groups excluding carboxylic acids is 2. The second-order valence-electron chi connectivity index (χ2n) is 14.1. The molecule has 7 nitrogen and oxygen atoms in total. The van der Waals surface area contributed by atoms with Gasteiger partial charge in [0.15, 0.2) is 0 Å². The maximum absolute atomic E-state index is 13.9. The molecule has 0 spiro atoms. The van der Waals surface area contributed by atoms with Gasteiger partial charge in [0.2, 0.25) is 21.8 Å². The Balaban J connectivity index is 1.39. The lowest BCUT2D eigenvalue weighted by atomic mass is 9.48. The van der Waals surface area contributed by atoms with Crippen molar-refractivity contribution < 1.29 is 18.0 Å². The molecule has 9 heteroatoms. The molecule has 0 heterocycles. The van der Waals surface area contributed by atoms with Crippen LogP contribution in [0.25, 0.3) is 0 Å². The number of halogens is 1. The van der Waals surface area contributed by atoms with Crippen LogP contribution < -0.4 is 9.62 Å². The molecule has 0 aliphatic heterocycles. The number of nitrogens with one attached hydrogen (secondary N) is 1.